The number of carboxylic acids is 1. The van der Waals surface area contributed by atoms with Crippen molar-refractivity contribution in [1.82, 2.24) is 5.32 Å². The van der Waals surface area contributed by atoms with Crippen molar-refractivity contribution >= 4 is 23.5 Å². The SMILES string of the molecule is O=C(Cc1ccccc1Cl)NC1(C(=O)O)CCOCC1. The van der Waals surface area contributed by atoms with Gasteiger partial charge >= 0.3 is 5.97 Å². The van der Waals surface area contributed by atoms with Crippen LogP contribution in [0.5, 0.6) is 0 Å². The Morgan fingerprint density at radius 3 is 2.55 bits per heavy atom. The third-order valence-corrected chi connectivity index (χ3v) is 3.81. The third kappa shape index (κ3) is 3.29. The first-order valence-corrected chi connectivity index (χ1v) is 6.77. The molecule has 6 heteroatoms. The lowest BCUT2D eigenvalue weighted by atomic mass is 9.90. The minimum absolute atomic E-state index is 0.0650. The number of benzene rings is 1. The fourth-order valence-electron chi connectivity index (χ4n) is 2.24. The van der Waals surface area contributed by atoms with Gasteiger partial charge in [-0.25, -0.2) is 4.79 Å². The van der Waals surface area contributed by atoms with Gasteiger partial charge in [0.2, 0.25) is 5.91 Å². The lowest BCUT2D eigenvalue weighted by Crippen LogP contribution is -2.57. The zero-order valence-corrected chi connectivity index (χ0v) is 11.7. The number of carbonyl (C=O) groups excluding carboxylic acids is 1. The molecule has 108 valence electrons. The van der Waals surface area contributed by atoms with Crippen LogP contribution in [0.3, 0.4) is 0 Å². The van der Waals surface area contributed by atoms with Crippen LogP contribution in [0.2, 0.25) is 5.02 Å². The summed E-state index contributed by atoms with van der Waals surface area (Å²) in [5.74, 6) is -1.37. The second-order valence-corrected chi connectivity index (χ2v) is 5.22. The van der Waals surface area contributed by atoms with E-state index in [0.29, 0.717) is 23.8 Å². The maximum absolute atomic E-state index is 12.1. The number of rotatable bonds is 4. The molecular weight excluding hydrogens is 282 g/mol. The molecule has 1 amide bonds. The van der Waals surface area contributed by atoms with Crippen LogP contribution >= 0.6 is 11.6 Å². The molecule has 20 heavy (non-hydrogen) atoms. The van der Waals surface area contributed by atoms with Crippen molar-refractivity contribution in [2.24, 2.45) is 0 Å². The highest BCUT2D eigenvalue weighted by atomic mass is 35.5. The number of hydrogen-bond donors (Lipinski definition) is 2. The lowest BCUT2D eigenvalue weighted by molar-refractivity contribution is -0.152. The quantitative estimate of drug-likeness (QED) is 0.886. The smallest absolute Gasteiger partial charge is 0.329 e. The fraction of sp³-hybridized carbons (Fsp3) is 0.429. The van der Waals surface area contributed by atoms with Crippen molar-refractivity contribution < 1.29 is 19.4 Å². The molecule has 0 radical (unpaired) electrons. The van der Waals surface area contributed by atoms with Gasteiger partial charge in [0.05, 0.1) is 6.42 Å². The normalized spacial score (nSPS) is 17.4. The van der Waals surface area contributed by atoms with Gasteiger partial charge in [0.1, 0.15) is 5.54 Å². The van der Waals surface area contributed by atoms with Gasteiger partial charge in [-0.3, -0.25) is 4.79 Å². The summed E-state index contributed by atoms with van der Waals surface area (Å²) in [6, 6.07) is 7.02. The number of carboxylic acid groups (broad SMARTS) is 1. The van der Waals surface area contributed by atoms with Crippen LogP contribution in [0.4, 0.5) is 0 Å². The van der Waals surface area contributed by atoms with Crippen LogP contribution in [-0.2, 0) is 20.7 Å². The number of ether oxygens (including phenoxy) is 1. The Morgan fingerprint density at radius 2 is 1.95 bits per heavy atom. The monoisotopic (exact) mass is 297 g/mol. The van der Waals surface area contributed by atoms with Crippen LogP contribution < -0.4 is 5.32 Å². The highest BCUT2D eigenvalue weighted by Gasteiger charge is 2.41. The van der Waals surface area contributed by atoms with E-state index < -0.39 is 11.5 Å². The van der Waals surface area contributed by atoms with Crippen LogP contribution in [0.1, 0.15) is 18.4 Å². The van der Waals surface area contributed by atoms with Crippen molar-refractivity contribution in [2.75, 3.05) is 13.2 Å². The van der Waals surface area contributed by atoms with Crippen LogP contribution in [0, 0.1) is 0 Å². The molecule has 2 rings (SSSR count). The molecule has 1 heterocycles. The Hall–Kier alpha value is -1.59. The summed E-state index contributed by atoms with van der Waals surface area (Å²) in [6.45, 7) is 0.664. The first-order chi connectivity index (χ1) is 9.53. The van der Waals surface area contributed by atoms with E-state index in [9.17, 15) is 14.7 Å². The molecular formula is C14H16ClNO4. The third-order valence-electron chi connectivity index (χ3n) is 3.44. The molecule has 0 saturated carbocycles. The largest absolute Gasteiger partial charge is 0.480 e. The molecule has 0 aromatic heterocycles. The van der Waals surface area contributed by atoms with E-state index in [0.717, 1.165) is 0 Å². The molecule has 1 aliphatic heterocycles. The van der Waals surface area contributed by atoms with Crippen molar-refractivity contribution in [3.8, 4) is 0 Å². The maximum Gasteiger partial charge on any atom is 0.329 e. The first-order valence-electron chi connectivity index (χ1n) is 6.39. The molecule has 1 aromatic carbocycles. The average Bonchev–Trinajstić information content (AvgIpc) is 2.42. The van der Waals surface area contributed by atoms with Crippen molar-refractivity contribution in [2.45, 2.75) is 24.8 Å². The van der Waals surface area contributed by atoms with Crippen LogP contribution in [0.15, 0.2) is 24.3 Å². The summed E-state index contributed by atoms with van der Waals surface area (Å²) in [7, 11) is 0. The number of amides is 1. The minimum Gasteiger partial charge on any atom is -0.480 e. The Balaban J connectivity index is 2.06. The highest BCUT2D eigenvalue weighted by Crippen LogP contribution is 2.22. The van der Waals surface area contributed by atoms with E-state index >= 15 is 0 Å². The molecule has 1 fully saturated rings. The van der Waals surface area contributed by atoms with Gasteiger partial charge < -0.3 is 15.2 Å². The molecule has 0 spiro atoms. The molecule has 5 nitrogen and oxygen atoms in total. The molecule has 0 unspecified atom stereocenters. The van der Waals surface area contributed by atoms with Gasteiger partial charge in [-0.15, -0.1) is 0 Å². The van der Waals surface area contributed by atoms with Crippen molar-refractivity contribution in [1.29, 1.82) is 0 Å². The minimum atomic E-state index is -1.23. The van der Waals surface area contributed by atoms with Crippen LogP contribution in [0.25, 0.3) is 0 Å². The molecule has 0 bridgehead atoms. The Kier molecular flexibility index (Phi) is 4.62. The van der Waals surface area contributed by atoms with E-state index in [2.05, 4.69) is 5.32 Å². The zero-order valence-electron chi connectivity index (χ0n) is 10.9. The maximum atomic E-state index is 12.1. The Bertz CT molecular complexity index is 512. The van der Waals surface area contributed by atoms with Crippen LogP contribution in [-0.4, -0.2) is 35.7 Å². The van der Waals surface area contributed by atoms with Gasteiger partial charge in [-0.05, 0) is 11.6 Å². The summed E-state index contributed by atoms with van der Waals surface area (Å²) in [4.78, 5) is 23.5. The van der Waals surface area contributed by atoms with Gasteiger partial charge in [0, 0.05) is 31.1 Å². The second kappa shape index (κ2) is 6.24. The summed E-state index contributed by atoms with van der Waals surface area (Å²) < 4.78 is 5.16. The number of carbonyl (C=O) groups is 2. The number of nitrogens with one attached hydrogen (secondary N) is 1. The predicted molar refractivity (Wildman–Crippen MR) is 73.7 cm³/mol. The first kappa shape index (κ1) is 14.8. The van der Waals surface area contributed by atoms with E-state index in [1.54, 1.807) is 24.3 Å². The van der Waals surface area contributed by atoms with Crippen molar-refractivity contribution in [3.63, 3.8) is 0 Å². The van der Waals surface area contributed by atoms with E-state index in [1.165, 1.54) is 0 Å². The highest BCUT2D eigenvalue weighted by molar-refractivity contribution is 6.31. The molecule has 1 saturated heterocycles. The van der Waals surface area contributed by atoms with E-state index in [1.807, 2.05) is 0 Å². The van der Waals surface area contributed by atoms with Gasteiger partial charge in [0.15, 0.2) is 0 Å². The Morgan fingerprint density at radius 1 is 1.30 bits per heavy atom. The summed E-state index contributed by atoms with van der Waals surface area (Å²) in [6.07, 6.45) is 0.614. The summed E-state index contributed by atoms with van der Waals surface area (Å²) >= 11 is 5.99. The average molecular weight is 298 g/mol. The standard InChI is InChI=1S/C14H16ClNO4/c15-11-4-2-1-3-10(11)9-12(17)16-14(13(18)19)5-7-20-8-6-14/h1-4H,5-9H2,(H,16,17)(H,18,19). The Labute approximate surface area is 121 Å². The van der Waals surface area contributed by atoms with E-state index in [4.69, 9.17) is 16.3 Å². The fourth-order valence-corrected chi connectivity index (χ4v) is 2.44. The van der Waals surface area contributed by atoms with E-state index in [-0.39, 0.29) is 25.2 Å². The van der Waals surface area contributed by atoms with Gasteiger partial charge in [-0.2, -0.15) is 0 Å². The molecule has 0 aliphatic carbocycles. The molecule has 1 aromatic rings. The van der Waals surface area contributed by atoms with Crippen molar-refractivity contribution in [3.05, 3.63) is 34.9 Å². The molecule has 1 aliphatic rings. The zero-order chi connectivity index (χ0) is 14.6. The summed E-state index contributed by atoms with van der Waals surface area (Å²) in [5, 5.41) is 12.5. The van der Waals surface area contributed by atoms with Gasteiger partial charge in [-0.1, -0.05) is 29.8 Å². The lowest BCUT2D eigenvalue weighted by Gasteiger charge is -2.33. The topological polar surface area (TPSA) is 75.6 Å². The molecule has 0 atom stereocenters. The van der Waals surface area contributed by atoms with Gasteiger partial charge in [0.25, 0.3) is 0 Å². The number of halogens is 1. The number of hydrogen-bond acceptors (Lipinski definition) is 3. The molecule has 2 N–H and O–H groups in total. The summed E-state index contributed by atoms with van der Waals surface area (Å²) in [5.41, 5.74) is -0.546. The number of aliphatic carboxylic acids is 1. The second-order valence-electron chi connectivity index (χ2n) is 4.82. The predicted octanol–water partition coefficient (Wildman–Crippen LogP) is 1.63.